The molecule has 1 aromatic heterocycles. The topological polar surface area (TPSA) is 71.4 Å². The number of sulfonamides is 1. The Balaban J connectivity index is 1.55. The van der Waals surface area contributed by atoms with Crippen molar-refractivity contribution in [2.75, 3.05) is 13.1 Å². The third-order valence-corrected chi connectivity index (χ3v) is 7.89. The summed E-state index contributed by atoms with van der Waals surface area (Å²) in [5.74, 6) is 0. The standard InChI is InChI=1S/C22H27N3O3S2/c1-16(2)25-20-10-9-19(13-21(20)29-22(25)26)30(27,28)23-14-17-7-3-4-8-18(17)15-24-11-5-6-12-24/h3-4,7-10,13,16,23H,5-6,11-12,14-15H2,1-2H3. The summed E-state index contributed by atoms with van der Waals surface area (Å²) in [4.78, 5) is 14.8. The van der Waals surface area contributed by atoms with Gasteiger partial charge in [-0.2, -0.15) is 0 Å². The van der Waals surface area contributed by atoms with Crippen LogP contribution in [-0.4, -0.2) is 31.0 Å². The Labute approximate surface area is 181 Å². The first-order chi connectivity index (χ1) is 14.3. The molecule has 3 aromatic rings. The van der Waals surface area contributed by atoms with E-state index in [0.29, 0.717) is 4.70 Å². The van der Waals surface area contributed by atoms with E-state index in [4.69, 9.17) is 0 Å². The van der Waals surface area contributed by atoms with Gasteiger partial charge in [-0.15, -0.1) is 0 Å². The zero-order chi connectivity index (χ0) is 21.3. The lowest BCUT2D eigenvalue weighted by Crippen LogP contribution is -2.25. The van der Waals surface area contributed by atoms with E-state index in [1.54, 1.807) is 22.8 Å². The molecule has 0 saturated carbocycles. The lowest BCUT2D eigenvalue weighted by Gasteiger charge is -2.17. The number of nitrogens with zero attached hydrogens (tertiary/aromatic N) is 2. The molecule has 0 spiro atoms. The molecule has 160 valence electrons. The summed E-state index contributed by atoms with van der Waals surface area (Å²) in [7, 11) is -3.69. The fourth-order valence-corrected chi connectivity index (χ4v) is 6.15. The maximum atomic E-state index is 12.9. The van der Waals surface area contributed by atoms with Gasteiger partial charge in [0, 0.05) is 19.1 Å². The van der Waals surface area contributed by atoms with Crippen LogP contribution in [0.1, 0.15) is 43.9 Å². The number of hydrogen-bond donors (Lipinski definition) is 1. The van der Waals surface area contributed by atoms with Crippen LogP contribution < -0.4 is 9.60 Å². The smallest absolute Gasteiger partial charge is 0.299 e. The zero-order valence-electron chi connectivity index (χ0n) is 17.3. The van der Waals surface area contributed by atoms with E-state index in [9.17, 15) is 13.2 Å². The molecule has 0 amide bonds. The fourth-order valence-electron chi connectivity index (χ4n) is 3.99. The SMILES string of the molecule is CC(C)n1c(=O)sc2cc(S(=O)(=O)NCc3ccccc3CN3CCCC3)ccc21. The van der Waals surface area contributed by atoms with E-state index in [2.05, 4.69) is 15.7 Å². The molecule has 0 atom stereocenters. The second kappa shape index (κ2) is 8.63. The first-order valence-corrected chi connectivity index (χ1v) is 12.6. The number of rotatable bonds is 7. The van der Waals surface area contributed by atoms with Crippen LogP contribution >= 0.6 is 11.3 Å². The lowest BCUT2D eigenvalue weighted by atomic mass is 10.1. The Morgan fingerprint density at radius 1 is 1.07 bits per heavy atom. The van der Waals surface area contributed by atoms with Crippen molar-refractivity contribution in [2.45, 2.75) is 50.7 Å². The molecule has 4 rings (SSSR count). The van der Waals surface area contributed by atoms with Gasteiger partial charge < -0.3 is 0 Å². The second-order valence-electron chi connectivity index (χ2n) is 8.04. The minimum Gasteiger partial charge on any atom is -0.299 e. The summed E-state index contributed by atoms with van der Waals surface area (Å²) in [6, 6.07) is 12.9. The summed E-state index contributed by atoms with van der Waals surface area (Å²) < 4.78 is 31.0. The summed E-state index contributed by atoms with van der Waals surface area (Å²) in [6.45, 7) is 7.17. The molecule has 2 heterocycles. The van der Waals surface area contributed by atoms with Gasteiger partial charge in [-0.1, -0.05) is 35.6 Å². The van der Waals surface area contributed by atoms with Crippen molar-refractivity contribution in [3.8, 4) is 0 Å². The van der Waals surface area contributed by atoms with Crippen LogP contribution in [0.25, 0.3) is 10.2 Å². The summed E-state index contributed by atoms with van der Waals surface area (Å²) in [5.41, 5.74) is 2.92. The quantitative estimate of drug-likeness (QED) is 0.602. The van der Waals surface area contributed by atoms with Gasteiger partial charge in [0.2, 0.25) is 10.0 Å². The van der Waals surface area contributed by atoms with Gasteiger partial charge in [-0.3, -0.25) is 14.3 Å². The van der Waals surface area contributed by atoms with Crippen LogP contribution in [0, 0.1) is 0 Å². The van der Waals surface area contributed by atoms with Crippen molar-refractivity contribution in [2.24, 2.45) is 0 Å². The van der Waals surface area contributed by atoms with E-state index in [1.807, 2.05) is 32.0 Å². The first-order valence-electron chi connectivity index (χ1n) is 10.3. The molecule has 1 saturated heterocycles. The van der Waals surface area contributed by atoms with Crippen molar-refractivity contribution in [1.29, 1.82) is 0 Å². The molecule has 0 radical (unpaired) electrons. The average Bonchev–Trinajstić information content (AvgIpc) is 3.33. The van der Waals surface area contributed by atoms with E-state index in [0.717, 1.165) is 47.6 Å². The Kier molecular flexibility index (Phi) is 6.11. The molecule has 0 bridgehead atoms. The predicted molar refractivity (Wildman–Crippen MR) is 121 cm³/mol. The van der Waals surface area contributed by atoms with Gasteiger partial charge in [0.15, 0.2) is 0 Å². The monoisotopic (exact) mass is 445 g/mol. The number of likely N-dealkylation sites (tertiary alicyclic amines) is 1. The van der Waals surface area contributed by atoms with Gasteiger partial charge in [0.25, 0.3) is 0 Å². The van der Waals surface area contributed by atoms with Crippen LogP contribution in [0.3, 0.4) is 0 Å². The number of fused-ring (bicyclic) bond motifs is 1. The van der Waals surface area contributed by atoms with Crippen LogP contribution in [0.4, 0.5) is 0 Å². The number of thiazole rings is 1. The summed E-state index contributed by atoms with van der Waals surface area (Å²) in [5, 5.41) is 0. The highest BCUT2D eigenvalue weighted by atomic mass is 32.2. The third-order valence-electron chi connectivity index (χ3n) is 5.58. The zero-order valence-corrected chi connectivity index (χ0v) is 18.9. The lowest BCUT2D eigenvalue weighted by molar-refractivity contribution is 0.330. The van der Waals surface area contributed by atoms with Crippen molar-refractivity contribution in [3.63, 3.8) is 0 Å². The number of nitrogens with one attached hydrogen (secondary N) is 1. The van der Waals surface area contributed by atoms with Crippen LogP contribution in [0.15, 0.2) is 52.2 Å². The molecule has 1 N–H and O–H groups in total. The van der Waals surface area contributed by atoms with Gasteiger partial charge in [-0.05, 0) is 69.1 Å². The number of hydrogen-bond acceptors (Lipinski definition) is 5. The maximum Gasteiger partial charge on any atom is 0.308 e. The van der Waals surface area contributed by atoms with E-state index >= 15 is 0 Å². The minimum atomic E-state index is -3.69. The second-order valence-corrected chi connectivity index (χ2v) is 10.8. The van der Waals surface area contributed by atoms with Crippen LogP contribution in [-0.2, 0) is 23.1 Å². The molecule has 0 aliphatic carbocycles. The largest absolute Gasteiger partial charge is 0.308 e. The molecule has 1 fully saturated rings. The van der Waals surface area contributed by atoms with Crippen LogP contribution in [0.2, 0.25) is 0 Å². The van der Waals surface area contributed by atoms with E-state index in [-0.39, 0.29) is 22.4 Å². The van der Waals surface area contributed by atoms with Crippen molar-refractivity contribution in [1.82, 2.24) is 14.2 Å². The molecule has 30 heavy (non-hydrogen) atoms. The van der Waals surface area contributed by atoms with Crippen molar-refractivity contribution >= 4 is 31.6 Å². The van der Waals surface area contributed by atoms with Crippen molar-refractivity contribution < 1.29 is 8.42 Å². The fraction of sp³-hybridized carbons (Fsp3) is 0.409. The molecule has 6 nitrogen and oxygen atoms in total. The first kappa shape index (κ1) is 21.2. The Morgan fingerprint density at radius 3 is 2.47 bits per heavy atom. The Hall–Kier alpha value is -2.00. The van der Waals surface area contributed by atoms with E-state index < -0.39 is 10.0 Å². The Morgan fingerprint density at radius 2 is 1.77 bits per heavy atom. The normalized spacial score (nSPS) is 15.4. The molecule has 1 aliphatic rings. The van der Waals surface area contributed by atoms with Gasteiger partial charge in [0.05, 0.1) is 15.1 Å². The van der Waals surface area contributed by atoms with Gasteiger partial charge in [-0.25, -0.2) is 13.1 Å². The highest BCUT2D eigenvalue weighted by Gasteiger charge is 2.19. The van der Waals surface area contributed by atoms with Gasteiger partial charge >= 0.3 is 4.87 Å². The highest BCUT2D eigenvalue weighted by Crippen LogP contribution is 2.24. The van der Waals surface area contributed by atoms with Gasteiger partial charge in [0.1, 0.15) is 0 Å². The maximum absolute atomic E-state index is 12.9. The summed E-state index contributed by atoms with van der Waals surface area (Å²) in [6.07, 6.45) is 2.45. The molecule has 1 aliphatic heterocycles. The van der Waals surface area contributed by atoms with Crippen LogP contribution in [0.5, 0.6) is 0 Å². The molecule has 2 aromatic carbocycles. The number of aromatic nitrogens is 1. The predicted octanol–water partition coefficient (Wildman–Crippen LogP) is 3.72. The number of benzene rings is 2. The van der Waals surface area contributed by atoms with E-state index in [1.165, 1.54) is 12.8 Å². The average molecular weight is 446 g/mol. The summed E-state index contributed by atoms with van der Waals surface area (Å²) >= 11 is 1.08. The Bertz CT molecular complexity index is 1210. The molecule has 0 unspecified atom stereocenters. The molecule has 8 heteroatoms. The molecular formula is C22H27N3O3S2. The third kappa shape index (κ3) is 4.37. The molecular weight excluding hydrogens is 418 g/mol. The minimum absolute atomic E-state index is 0.0268. The highest BCUT2D eigenvalue weighted by molar-refractivity contribution is 7.89. The van der Waals surface area contributed by atoms with Crippen molar-refractivity contribution in [3.05, 3.63) is 63.3 Å².